The summed E-state index contributed by atoms with van der Waals surface area (Å²) in [5, 5.41) is 11.0. The monoisotopic (exact) mass is 262 g/mol. The molecule has 0 heterocycles. The highest BCUT2D eigenvalue weighted by molar-refractivity contribution is 9.11. The summed E-state index contributed by atoms with van der Waals surface area (Å²) in [5.74, 6) is 0.265. The quantitative estimate of drug-likeness (QED) is 0.611. The van der Waals surface area contributed by atoms with Gasteiger partial charge in [-0.15, -0.1) is 5.73 Å². The highest BCUT2D eigenvalue weighted by atomic mass is 79.9. The van der Waals surface area contributed by atoms with Gasteiger partial charge in [-0.25, -0.2) is 0 Å². The Hall–Kier alpha value is 0.177. The molecule has 0 aliphatic heterocycles. The maximum Gasteiger partial charge on any atom is 0.0858 e. The lowest BCUT2D eigenvalue weighted by molar-refractivity contribution is 0.166. The maximum atomic E-state index is 9.95. The van der Waals surface area contributed by atoms with Gasteiger partial charge in [-0.1, -0.05) is 49.4 Å². The third-order valence-electron chi connectivity index (χ3n) is 1.95. The van der Waals surface area contributed by atoms with Gasteiger partial charge in [0.05, 0.1) is 14.2 Å². The minimum absolute atomic E-state index is 0.265. The normalized spacial score (nSPS) is 13.8. The number of hydrogen-bond acceptors (Lipinski definition) is 1. The fourth-order valence-corrected chi connectivity index (χ4v) is 3.32. The fraction of sp³-hybridized carbons (Fsp3) is 0.700. The second-order valence-electron chi connectivity index (χ2n) is 4.61. The zero-order chi connectivity index (χ0) is 10.6. The lowest BCUT2D eigenvalue weighted by Gasteiger charge is -2.26. The van der Waals surface area contributed by atoms with E-state index in [2.05, 4.69) is 41.3 Å². The second kappa shape index (κ2) is 5.16. The van der Waals surface area contributed by atoms with Crippen LogP contribution in [-0.4, -0.2) is 19.3 Å². The zero-order valence-electron chi connectivity index (χ0n) is 9.06. The van der Waals surface area contributed by atoms with Gasteiger partial charge in [0.25, 0.3) is 0 Å². The van der Waals surface area contributed by atoms with Crippen molar-refractivity contribution in [2.24, 2.45) is 5.92 Å². The smallest absolute Gasteiger partial charge is 0.0858 e. The summed E-state index contributed by atoms with van der Waals surface area (Å²) in [6.45, 7) is 10.7. The summed E-state index contributed by atoms with van der Waals surface area (Å²) >= 11 is 3.21. The summed E-state index contributed by atoms with van der Waals surface area (Å²) in [7, 11) is -1.44. The molecular weight excluding hydrogens is 244 g/mol. The molecule has 1 nitrogen and oxygen atoms in total. The molecule has 3 heteroatoms. The van der Waals surface area contributed by atoms with Crippen LogP contribution in [0, 0.1) is 5.92 Å². The van der Waals surface area contributed by atoms with E-state index in [4.69, 9.17) is 0 Å². The van der Waals surface area contributed by atoms with Crippen LogP contribution in [-0.2, 0) is 0 Å². The molecule has 0 bridgehead atoms. The van der Waals surface area contributed by atoms with E-state index < -0.39 is 8.07 Å². The zero-order valence-corrected chi connectivity index (χ0v) is 11.6. The minimum Gasteiger partial charge on any atom is -0.388 e. The van der Waals surface area contributed by atoms with Crippen LogP contribution >= 0.6 is 15.9 Å². The van der Waals surface area contributed by atoms with Crippen LogP contribution in [0.3, 0.4) is 0 Å². The topological polar surface area (TPSA) is 20.2 Å². The van der Waals surface area contributed by atoms with Crippen molar-refractivity contribution in [2.45, 2.75) is 39.6 Å². The van der Waals surface area contributed by atoms with Gasteiger partial charge in [0.1, 0.15) is 0 Å². The number of aliphatic hydroxyl groups excluding tert-OH is 1. The van der Waals surface area contributed by atoms with E-state index in [1.807, 2.05) is 13.8 Å². The SMILES string of the molecule is CC(C)C(O)C(=C=CBr)[Si](C)(C)C. The molecule has 0 amide bonds. The van der Waals surface area contributed by atoms with E-state index in [-0.39, 0.29) is 12.0 Å². The van der Waals surface area contributed by atoms with Gasteiger partial charge >= 0.3 is 0 Å². The molecule has 0 spiro atoms. The number of aliphatic hydroxyl groups is 1. The minimum atomic E-state index is -1.44. The lowest BCUT2D eigenvalue weighted by atomic mass is 10.1. The Bertz CT molecular complexity index is 222. The Morgan fingerprint density at radius 2 is 1.85 bits per heavy atom. The van der Waals surface area contributed by atoms with Crippen molar-refractivity contribution in [1.82, 2.24) is 0 Å². The van der Waals surface area contributed by atoms with Crippen LogP contribution in [0.5, 0.6) is 0 Å². The highest BCUT2D eigenvalue weighted by Gasteiger charge is 2.27. The summed E-state index contributed by atoms with van der Waals surface area (Å²) < 4.78 is 0. The molecule has 1 N–H and O–H groups in total. The largest absolute Gasteiger partial charge is 0.388 e. The van der Waals surface area contributed by atoms with Gasteiger partial charge in [0, 0.05) is 4.99 Å². The molecule has 76 valence electrons. The van der Waals surface area contributed by atoms with Gasteiger partial charge in [-0.2, -0.15) is 0 Å². The predicted octanol–water partition coefficient (Wildman–Crippen LogP) is 3.31. The second-order valence-corrected chi connectivity index (χ2v) is 10.1. The Balaban J connectivity index is 4.97. The molecule has 0 aromatic rings. The lowest BCUT2D eigenvalue weighted by Crippen LogP contribution is -2.34. The first-order valence-corrected chi connectivity index (χ1v) is 8.96. The molecule has 0 radical (unpaired) electrons. The summed E-state index contributed by atoms with van der Waals surface area (Å²) in [4.78, 5) is 1.71. The Labute approximate surface area is 90.7 Å². The van der Waals surface area contributed by atoms with Gasteiger partial charge in [-0.3, -0.25) is 0 Å². The molecule has 13 heavy (non-hydrogen) atoms. The van der Waals surface area contributed by atoms with Crippen LogP contribution in [0.4, 0.5) is 0 Å². The predicted molar refractivity (Wildman–Crippen MR) is 64.7 cm³/mol. The number of rotatable bonds is 3. The van der Waals surface area contributed by atoms with Gasteiger partial charge in [-0.05, 0) is 11.1 Å². The molecule has 0 aromatic carbocycles. The van der Waals surface area contributed by atoms with Crippen molar-refractivity contribution in [1.29, 1.82) is 0 Å². The first kappa shape index (κ1) is 13.2. The van der Waals surface area contributed by atoms with E-state index in [1.165, 1.54) is 0 Å². The van der Waals surface area contributed by atoms with Crippen molar-refractivity contribution < 1.29 is 5.11 Å². The van der Waals surface area contributed by atoms with Gasteiger partial charge in [0.2, 0.25) is 0 Å². The molecule has 0 aliphatic rings. The fourth-order valence-electron chi connectivity index (χ4n) is 1.14. The average Bonchev–Trinajstić information content (AvgIpc) is 1.96. The summed E-state index contributed by atoms with van der Waals surface area (Å²) in [6.07, 6.45) is -0.347. The number of halogens is 1. The van der Waals surface area contributed by atoms with Crippen LogP contribution in [0.2, 0.25) is 19.6 Å². The summed E-state index contributed by atoms with van der Waals surface area (Å²) in [6, 6.07) is 0. The van der Waals surface area contributed by atoms with Crippen molar-refractivity contribution in [3.8, 4) is 0 Å². The first-order valence-electron chi connectivity index (χ1n) is 4.54. The molecule has 0 saturated carbocycles. The highest BCUT2D eigenvalue weighted by Crippen LogP contribution is 2.21. The van der Waals surface area contributed by atoms with Crippen molar-refractivity contribution >= 4 is 24.0 Å². The van der Waals surface area contributed by atoms with Crippen LogP contribution in [0.25, 0.3) is 0 Å². The van der Waals surface area contributed by atoms with E-state index in [0.29, 0.717) is 0 Å². The van der Waals surface area contributed by atoms with E-state index in [1.54, 1.807) is 4.99 Å². The van der Waals surface area contributed by atoms with E-state index in [9.17, 15) is 5.11 Å². The average molecular weight is 263 g/mol. The molecule has 1 unspecified atom stereocenters. The molecule has 0 fully saturated rings. The Kier molecular flexibility index (Phi) is 5.23. The van der Waals surface area contributed by atoms with Gasteiger partial charge < -0.3 is 5.11 Å². The van der Waals surface area contributed by atoms with Crippen LogP contribution < -0.4 is 0 Å². The molecule has 0 aromatic heterocycles. The van der Waals surface area contributed by atoms with Gasteiger partial charge in [0.15, 0.2) is 0 Å². The third kappa shape index (κ3) is 4.27. The molecule has 1 atom stereocenters. The first-order chi connectivity index (χ1) is 5.80. The maximum absolute atomic E-state index is 9.95. The van der Waals surface area contributed by atoms with Crippen LogP contribution in [0.15, 0.2) is 15.9 Å². The third-order valence-corrected chi connectivity index (χ3v) is 4.23. The summed E-state index contributed by atoms with van der Waals surface area (Å²) in [5.41, 5.74) is 3.12. The molecule has 0 rings (SSSR count). The molecular formula is C10H19BrOSi. The van der Waals surface area contributed by atoms with Crippen molar-refractivity contribution in [2.75, 3.05) is 0 Å². The van der Waals surface area contributed by atoms with E-state index in [0.717, 1.165) is 5.20 Å². The Morgan fingerprint density at radius 3 is 2.08 bits per heavy atom. The molecule has 0 aliphatic carbocycles. The number of hydrogen-bond donors (Lipinski definition) is 1. The van der Waals surface area contributed by atoms with E-state index >= 15 is 0 Å². The Morgan fingerprint density at radius 1 is 1.38 bits per heavy atom. The van der Waals surface area contributed by atoms with Crippen LogP contribution in [0.1, 0.15) is 13.8 Å². The van der Waals surface area contributed by atoms with Crippen molar-refractivity contribution in [3.63, 3.8) is 0 Å². The molecule has 0 saturated heterocycles. The standard InChI is InChI=1S/C10H19BrOSi/c1-8(2)10(12)9(6-7-11)13(3,4)5/h7-8,10,12H,1-5H3. The van der Waals surface area contributed by atoms with Crippen molar-refractivity contribution in [3.05, 3.63) is 15.9 Å².